The first-order valence-electron chi connectivity index (χ1n) is 8.45. The molecular formula is C19H21N5S2. The SMILES string of the molecule is CN(Cc1ccc(N(C)C)cc1)Cn1nc2sc3ccccc3n2c1=S. The molecule has 0 spiro atoms. The van der Waals surface area contributed by atoms with Crippen LogP contribution in [0.25, 0.3) is 15.2 Å². The zero-order valence-electron chi connectivity index (χ0n) is 15.1. The summed E-state index contributed by atoms with van der Waals surface area (Å²) in [4.78, 5) is 5.27. The first kappa shape index (κ1) is 17.2. The lowest BCUT2D eigenvalue weighted by Crippen LogP contribution is -2.22. The number of anilines is 1. The highest BCUT2D eigenvalue weighted by Crippen LogP contribution is 2.25. The molecule has 2 aromatic carbocycles. The van der Waals surface area contributed by atoms with Crippen LogP contribution in [0.3, 0.4) is 0 Å². The highest BCUT2D eigenvalue weighted by molar-refractivity contribution is 7.71. The first-order chi connectivity index (χ1) is 12.5. The first-order valence-corrected chi connectivity index (χ1v) is 9.67. The highest BCUT2D eigenvalue weighted by atomic mass is 32.1. The summed E-state index contributed by atoms with van der Waals surface area (Å²) < 4.78 is 5.92. The fourth-order valence-electron chi connectivity index (χ4n) is 3.07. The van der Waals surface area contributed by atoms with Gasteiger partial charge in [-0.05, 0) is 49.1 Å². The monoisotopic (exact) mass is 383 g/mol. The summed E-state index contributed by atoms with van der Waals surface area (Å²) >= 11 is 7.35. The standard InChI is InChI=1S/C19H21N5S2/c1-21(2)15-10-8-14(9-11-15)12-22(3)13-23-19(25)24-16-6-4-5-7-17(16)26-18(24)20-23/h4-11H,12-13H2,1-3H3. The molecule has 0 amide bonds. The van der Waals surface area contributed by atoms with Crippen LogP contribution in [-0.2, 0) is 13.2 Å². The number of fused-ring (bicyclic) bond motifs is 3. The summed E-state index contributed by atoms with van der Waals surface area (Å²) in [7, 11) is 6.20. The van der Waals surface area contributed by atoms with Gasteiger partial charge in [0, 0.05) is 26.3 Å². The fraction of sp³-hybridized carbons (Fsp3) is 0.263. The van der Waals surface area contributed by atoms with Crippen LogP contribution in [-0.4, -0.2) is 40.2 Å². The Morgan fingerprint density at radius 2 is 1.77 bits per heavy atom. The molecule has 26 heavy (non-hydrogen) atoms. The molecule has 5 nitrogen and oxygen atoms in total. The molecule has 0 aliphatic carbocycles. The second kappa shape index (κ2) is 6.83. The number of benzene rings is 2. The summed E-state index contributed by atoms with van der Waals surface area (Å²) in [6, 6.07) is 16.9. The molecule has 0 saturated carbocycles. The average Bonchev–Trinajstić information content (AvgIpc) is 3.12. The maximum atomic E-state index is 5.67. The van der Waals surface area contributed by atoms with E-state index < -0.39 is 0 Å². The van der Waals surface area contributed by atoms with Gasteiger partial charge in [-0.1, -0.05) is 35.6 Å². The van der Waals surface area contributed by atoms with Crippen LogP contribution < -0.4 is 4.90 Å². The van der Waals surface area contributed by atoms with Gasteiger partial charge in [0.25, 0.3) is 0 Å². The molecule has 0 saturated heterocycles. The van der Waals surface area contributed by atoms with E-state index in [0.29, 0.717) is 6.67 Å². The predicted molar refractivity (Wildman–Crippen MR) is 112 cm³/mol. The Bertz CT molecular complexity index is 1100. The second-order valence-corrected chi connectivity index (χ2v) is 8.06. The zero-order valence-corrected chi connectivity index (χ0v) is 16.7. The Morgan fingerprint density at radius 1 is 1.04 bits per heavy atom. The zero-order chi connectivity index (χ0) is 18.3. The van der Waals surface area contributed by atoms with E-state index in [9.17, 15) is 0 Å². The summed E-state index contributed by atoms with van der Waals surface area (Å²) in [6.07, 6.45) is 0. The summed E-state index contributed by atoms with van der Waals surface area (Å²) in [5, 5.41) is 4.71. The third-order valence-electron chi connectivity index (χ3n) is 4.40. The van der Waals surface area contributed by atoms with Gasteiger partial charge in [0.15, 0.2) is 0 Å². The minimum Gasteiger partial charge on any atom is -0.378 e. The Balaban J connectivity index is 1.55. The lowest BCUT2D eigenvalue weighted by atomic mass is 10.2. The van der Waals surface area contributed by atoms with E-state index in [4.69, 9.17) is 17.3 Å². The van der Waals surface area contributed by atoms with E-state index >= 15 is 0 Å². The van der Waals surface area contributed by atoms with Gasteiger partial charge in [-0.2, -0.15) is 0 Å². The Labute approximate surface area is 161 Å². The molecule has 0 atom stereocenters. The van der Waals surface area contributed by atoms with Crippen LogP contribution in [0.15, 0.2) is 48.5 Å². The Morgan fingerprint density at radius 3 is 2.50 bits per heavy atom. The van der Waals surface area contributed by atoms with Gasteiger partial charge in [0.2, 0.25) is 9.73 Å². The highest BCUT2D eigenvalue weighted by Gasteiger charge is 2.12. The molecule has 7 heteroatoms. The van der Waals surface area contributed by atoms with Crippen LogP contribution in [0.4, 0.5) is 5.69 Å². The lowest BCUT2D eigenvalue weighted by Gasteiger charge is -2.17. The van der Waals surface area contributed by atoms with Gasteiger partial charge in [-0.15, -0.1) is 5.10 Å². The van der Waals surface area contributed by atoms with Crippen molar-refractivity contribution < 1.29 is 0 Å². The Hall–Kier alpha value is -2.22. The van der Waals surface area contributed by atoms with Gasteiger partial charge in [0.1, 0.15) is 0 Å². The number of para-hydroxylation sites is 1. The summed E-state index contributed by atoms with van der Waals surface area (Å²) in [6.45, 7) is 1.51. The molecule has 2 aromatic heterocycles. The molecule has 0 fully saturated rings. The molecular weight excluding hydrogens is 362 g/mol. The van der Waals surface area contributed by atoms with Crippen molar-refractivity contribution >= 4 is 44.4 Å². The van der Waals surface area contributed by atoms with E-state index in [1.165, 1.54) is 16.0 Å². The molecule has 0 aliphatic heterocycles. The third kappa shape index (κ3) is 3.13. The van der Waals surface area contributed by atoms with Gasteiger partial charge >= 0.3 is 0 Å². The topological polar surface area (TPSA) is 28.7 Å². The maximum Gasteiger partial charge on any atom is 0.216 e. The van der Waals surface area contributed by atoms with Crippen molar-refractivity contribution in [1.82, 2.24) is 19.1 Å². The van der Waals surface area contributed by atoms with Crippen LogP contribution in [0.2, 0.25) is 0 Å². The normalized spacial score (nSPS) is 11.7. The molecule has 2 heterocycles. The third-order valence-corrected chi connectivity index (χ3v) is 5.80. The molecule has 0 unspecified atom stereocenters. The summed E-state index contributed by atoms with van der Waals surface area (Å²) in [5.41, 5.74) is 3.61. The minimum atomic E-state index is 0.664. The van der Waals surface area contributed by atoms with Gasteiger partial charge in [-0.25, -0.2) is 4.68 Å². The molecule has 4 aromatic rings. The van der Waals surface area contributed by atoms with E-state index in [-0.39, 0.29) is 0 Å². The van der Waals surface area contributed by atoms with E-state index in [1.807, 2.05) is 16.8 Å². The van der Waals surface area contributed by atoms with Crippen LogP contribution in [0, 0.1) is 4.77 Å². The average molecular weight is 384 g/mol. The van der Waals surface area contributed by atoms with Crippen LogP contribution >= 0.6 is 23.6 Å². The number of nitrogens with zero attached hydrogens (tertiary/aromatic N) is 5. The molecule has 0 aliphatic rings. The van der Waals surface area contributed by atoms with Gasteiger partial charge in [0.05, 0.1) is 16.9 Å². The quantitative estimate of drug-likeness (QED) is 0.482. The number of hydrogen-bond donors (Lipinski definition) is 0. The van der Waals surface area contributed by atoms with Crippen molar-refractivity contribution in [1.29, 1.82) is 0 Å². The largest absolute Gasteiger partial charge is 0.378 e. The molecule has 0 bridgehead atoms. The smallest absolute Gasteiger partial charge is 0.216 e. The van der Waals surface area contributed by atoms with Gasteiger partial charge < -0.3 is 4.90 Å². The Kier molecular flexibility index (Phi) is 4.52. The van der Waals surface area contributed by atoms with Crippen molar-refractivity contribution in [3.8, 4) is 0 Å². The molecule has 134 valence electrons. The van der Waals surface area contributed by atoms with Crippen LogP contribution in [0.1, 0.15) is 5.56 Å². The van der Waals surface area contributed by atoms with Crippen LogP contribution in [0.5, 0.6) is 0 Å². The minimum absolute atomic E-state index is 0.664. The van der Waals surface area contributed by atoms with Crippen molar-refractivity contribution in [3.05, 3.63) is 58.9 Å². The molecule has 0 N–H and O–H groups in total. The maximum absolute atomic E-state index is 5.67. The molecule has 0 radical (unpaired) electrons. The van der Waals surface area contributed by atoms with Crippen molar-refractivity contribution in [3.63, 3.8) is 0 Å². The number of rotatable bonds is 5. The predicted octanol–water partition coefficient (Wildman–Crippen LogP) is 4.24. The van der Waals surface area contributed by atoms with Gasteiger partial charge in [-0.3, -0.25) is 9.30 Å². The second-order valence-electron chi connectivity index (χ2n) is 6.69. The van der Waals surface area contributed by atoms with Crippen molar-refractivity contribution in [2.24, 2.45) is 0 Å². The van der Waals surface area contributed by atoms with E-state index in [2.05, 4.69) is 71.7 Å². The fourth-order valence-corrected chi connectivity index (χ4v) is 4.43. The van der Waals surface area contributed by atoms with Crippen molar-refractivity contribution in [2.75, 3.05) is 26.0 Å². The number of aromatic nitrogens is 3. The number of thiazole rings is 1. The van der Waals surface area contributed by atoms with E-state index in [1.54, 1.807) is 11.3 Å². The number of hydrogen-bond acceptors (Lipinski definition) is 5. The summed E-state index contributed by atoms with van der Waals surface area (Å²) in [5.74, 6) is 0. The van der Waals surface area contributed by atoms with E-state index in [0.717, 1.165) is 21.8 Å². The van der Waals surface area contributed by atoms with Crippen molar-refractivity contribution in [2.45, 2.75) is 13.2 Å². The lowest BCUT2D eigenvalue weighted by molar-refractivity contribution is 0.245. The molecule has 4 rings (SSSR count).